The number of benzene rings is 1. The molecule has 1 aliphatic carbocycles. The molecule has 0 saturated heterocycles. The number of hydrogen-bond acceptors (Lipinski definition) is 3. The zero-order valence-corrected chi connectivity index (χ0v) is 11.8. The van der Waals surface area contributed by atoms with Gasteiger partial charge in [-0.05, 0) is 25.0 Å². The van der Waals surface area contributed by atoms with Crippen LogP contribution in [0.3, 0.4) is 0 Å². The summed E-state index contributed by atoms with van der Waals surface area (Å²) in [7, 11) is -3.88. The van der Waals surface area contributed by atoms with Crippen molar-refractivity contribution >= 4 is 27.2 Å². The van der Waals surface area contributed by atoms with E-state index in [1.165, 1.54) is 18.2 Å². The van der Waals surface area contributed by atoms with E-state index < -0.39 is 15.8 Å². The van der Waals surface area contributed by atoms with Gasteiger partial charge in [-0.1, -0.05) is 30.8 Å². The molecule has 3 N–H and O–H groups in total. The van der Waals surface area contributed by atoms with Crippen molar-refractivity contribution in [3.8, 4) is 0 Å². The normalized spacial score (nSPS) is 23.4. The third-order valence-electron chi connectivity index (χ3n) is 3.31. The van der Waals surface area contributed by atoms with E-state index >= 15 is 0 Å². The standard InChI is InChI=1S/C12H15FN2O2S2/c13-9-5-1-2-7-11(9)19(16,17)15-10-6-3-4-8(10)12(14)18/h1-2,5,7-8,10,15H,3-4,6H2,(H2,14,18). The Balaban J connectivity index is 2.23. The van der Waals surface area contributed by atoms with E-state index in [4.69, 9.17) is 18.0 Å². The molecule has 2 unspecified atom stereocenters. The monoisotopic (exact) mass is 302 g/mol. The van der Waals surface area contributed by atoms with Gasteiger partial charge in [-0.15, -0.1) is 0 Å². The Bertz CT molecular complexity index is 589. The fourth-order valence-electron chi connectivity index (χ4n) is 2.37. The summed E-state index contributed by atoms with van der Waals surface area (Å²) in [4.78, 5) is -0.0395. The zero-order valence-electron chi connectivity index (χ0n) is 10.2. The Labute approximate surface area is 117 Å². The number of nitrogens with one attached hydrogen (secondary N) is 1. The molecular formula is C12H15FN2O2S2. The molecule has 0 bridgehead atoms. The summed E-state index contributed by atoms with van der Waals surface area (Å²) >= 11 is 4.93. The van der Waals surface area contributed by atoms with E-state index in [9.17, 15) is 12.8 Å². The lowest BCUT2D eigenvalue weighted by atomic mass is 10.1. The Morgan fingerprint density at radius 1 is 1.37 bits per heavy atom. The highest BCUT2D eigenvalue weighted by atomic mass is 32.2. The maximum atomic E-state index is 13.5. The van der Waals surface area contributed by atoms with E-state index in [0.29, 0.717) is 11.4 Å². The van der Waals surface area contributed by atoms with Crippen LogP contribution < -0.4 is 10.5 Å². The average Bonchev–Trinajstić information content (AvgIpc) is 2.76. The Morgan fingerprint density at radius 3 is 2.68 bits per heavy atom. The van der Waals surface area contributed by atoms with Crippen LogP contribution in [0.4, 0.5) is 4.39 Å². The highest BCUT2D eigenvalue weighted by Gasteiger charge is 2.33. The molecule has 1 saturated carbocycles. The Morgan fingerprint density at radius 2 is 2.05 bits per heavy atom. The summed E-state index contributed by atoms with van der Waals surface area (Å²) in [6.45, 7) is 0. The molecule has 1 fully saturated rings. The number of sulfonamides is 1. The predicted octanol–water partition coefficient (Wildman–Crippen LogP) is 1.56. The topological polar surface area (TPSA) is 72.2 Å². The number of halogens is 1. The van der Waals surface area contributed by atoms with Gasteiger partial charge in [-0.3, -0.25) is 0 Å². The van der Waals surface area contributed by atoms with Gasteiger partial charge >= 0.3 is 0 Å². The van der Waals surface area contributed by atoms with Gasteiger partial charge in [0.05, 0.1) is 4.99 Å². The number of rotatable bonds is 4. The predicted molar refractivity (Wildman–Crippen MR) is 74.6 cm³/mol. The Kier molecular flexibility index (Phi) is 4.17. The maximum absolute atomic E-state index is 13.5. The molecule has 0 spiro atoms. The molecule has 2 rings (SSSR count). The van der Waals surface area contributed by atoms with Crippen LogP contribution >= 0.6 is 12.2 Å². The van der Waals surface area contributed by atoms with Gasteiger partial charge in [0.15, 0.2) is 0 Å². The maximum Gasteiger partial charge on any atom is 0.243 e. The second kappa shape index (κ2) is 5.52. The number of thiocarbonyl (C=S) groups is 1. The highest BCUT2D eigenvalue weighted by molar-refractivity contribution is 7.89. The van der Waals surface area contributed by atoms with E-state index in [1.54, 1.807) is 0 Å². The molecule has 0 radical (unpaired) electrons. The van der Waals surface area contributed by atoms with Crippen molar-refractivity contribution in [3.63, 3.8) is 0 Å². The lowest BCUT2D eigenvalue weighted by Gasteiger charge is -2.20. The molecule has 4 nitrogen and oxygen atoms in total. The molecule has 19 heavy (non-hydrogen) atoms. The van der Waals surface area contributed by atoms with E-state index in [2.05, 4.69) is 4.72 Å². The van der Waals surface area contributed by atoms with Gasteiger partial charge in [0, 0.05) is 12.0 Å². The lowest BCUT2D eigenvalue weighted by molar-refractivity contribution is 0.516. The summed E-state index contributed by atoms with van der Waals surface area (Å²) in [5.74, 6) is -0.920. The van der Waals surface area contributed by atoms with E-state index in [1.807, 2.05) is 0 Å². The van der Waals surface area contributed by atoms with Crippen molar-refractivity contribution in [3.05, 3.63) is 30.1 Å². The summed E-state index contributed by atoms with van der Waals surface area (Å²) in [6.07, 6.45) is 2.28. The number of nitrogens with two attached hydrogens (primary N) is 1. The molecule has 2 atom stereocenters. The largest absolute Gasteiger partial charge is 0.393 e. The van der Waals surface area contributed by atoms with Crippen LogP contribution in [0.15, 0.2) is 29.2 Å². The smallest absolute Gasteiger partial charge is 0.243 e. The first-order chi connectivity index (χ1) is 8.92. The van der Waals surface area contributed by atoms with Gasteiger partial charge < -0.3 is 5.73 Å². The van der Waals surface area contributed by atoms with Crippen LogP contribution in [-0.2, 0) is 10.0 Å². The van der Waals surface area contributed by atoms with Crippen LogP contribution in [0, 0.1) is 11.7 Å². The summed E-state index contributed by atoms with van der Waals surface area (Å²) < 4.78 is 40.3. The minimum Gasteiger partial charge on any atom is -0.393 e. The van der Waals surface area contributed by atoms with Gasteiger partial charge in [0.25, 0.3) is 0 Å². The first-order valence-corrected chi connectivity index (χ1v) is 7.87. The van der Waals surface area contributed by atoms with Gasteiger partial charge in [-0.2, -0.15) is 0 Å². The molecule has 0 aliphatic heterocycles. The average molecular weight is 302 g/mol. The van der Waals surface area contributed by atoms with Crippen LogP contribution in [0.2, 0.25) is 0 Å². The SMILES string of the molecule is NC(=S)C1CCCC1NS(=O)(=O)c1ccccc1F. The van der Waals surface area contributed by atoms with Gasteiger partial charge in [-0.25, -0.2) is 17.5 Å². The van der Waals surface area contributed by atoms with E-state index in [-0.39, 0.29) is 16.9 Å². The van der Waals surface area contributed by atoms with Crippen molar-refractivity contribution in [1.29, 1.82) is 0 Å². The molecule has 104 valence electrons. The second-order valence-corrected chi connectivity index (χ2v) is 6.75. The molecular weight excluding hydrogens is 287 g/mol. The molecule has 0 amide bonds. The minimum atomic E-state index is -3.88. The number of hydrogen-bond donors (Lipinski definition) is 2. The molecule has 0 heterocycles. The van der Waals surface area contributed by atoms with Crippen molar-refractivity contribution in [2.45, 2.75) is 30.2 Å². The van der Waals surface area contributed by atoms with Crippen molar-refractivity contribution in [2.24, 2.45) is 11.7 Å². The van der Waals surface area contributed by atoms with Gasteiger partial charge in [0.1, 0.15) is 10.7 Å². The Hall–Kier alpha value is -1.05. The highest BCUT2D eigenvalue weighted by Crippen LogP contribution is 2.27. The lowest BCUT2D eigenvalue weighted by Crippen LogP contribution is -2.41. The van der Waals surface area contributed by atoms with Crippen molar-refractivity contribution in [2.75, 3.05) is 0 Å². The summed E-state index contributed by atoms with van der Waals surface area (Å²) in [5.41, 5.74) is 5.60. The second-order valence-electron chi connectivity index (χ2n) is 4.60. The van der Waals surface area contributed by atoms with Crippen LogP contribution in [0.25, 0.3) is 0 Å². The quantitative estimate of drug-likeness (QED) is 0.828. The minimum absolute atomic E-state index is 0.156. The molecule has 1 aromatic carbocycles. The third kappa shape index (κ3) is 3.10. The van der Waals surface area contributed by atoms with Crippen LogP contribution in [0.1, 0.15) is 19.3 Å². The van der Waals surface area contributed by atoms with Crippen LogP contribution in [0.5, 0.6) is 0 Å². The summed E-state index contributed by atoms with van der Waals surface area (Å²) in [6, 6.07) is 4.94. The fourth-order valence-corrected chi connectivity index (χ4v) is 4.04. The molecule has 0 aromatic heterocycles. The van der Waals surface area contributed by atoms with Crippen molar-refractivity contribution in [1.82, 2.24) is 4.72 Å². The van der Waals surface area contributed by atoms with Gasteiger partial charge in [0.2, 0.25) is 10.0 Å². The van der Waals surface area contributed by atoms with Crippen molar-refractivity contribution < 1.29 is 12.8 Å². The molecule has 1 aliphatic rings. The van der Waals surface area contributed by atoms with E-state index in [0.717, 1.165) is 18.9 Å². The zero-order chi connectivity index (χ0) is 14.0. The molecule has 1 aromatic rings. The van der Waals surface area contributed by atoms with Crippen LogP contribution in [-0.4, -0.2) is 19.4 Å². The third-order valence-corrected chi connectivity index (χ3v) is 5.14. The summed E-state index contributed by atoms with van der Waals surface area (Å²) in [5, 5.41) is 0. The fraction of sp³-hybridized carbons (Fsp3) is 0.417. The first-order valence-electron chi connectivity index (χ1n) is 5.98. The first kappa shape index (κ1) is 14.4. The molecule has 7 heteroatoms.